The van der Waals surface area contributed by atoms with Gasteiger partial charge in [-0.05, 0) is 31.7 Å². The number of nitrogens with two attached hydrogens (primary N) is 1. The van der Waals surface area contributed by atoms with E-state index in [2.05, 4.69) is 0 Å². The lowest BCUT2D eigenvalue weighted by Gasteiger charge is -2.31. The van der Waals surface area contributed by atoms with Crippen LogP contribution >= 0.6 is 0 Å². The van der Waals surface area contributed by atoms with Crippen molar-refractivity contribution in [1.29, 1.82) is 0 Å². The summed E-state index contributed by atoms with van der Waals surface area (Å²) in [6, 6.07) is 5.07. The Kier molecular flexibility index (Phi) is 2.55. The first-order valence-electron chi connectivity index (χ1n) is 5.20. The molecule has 0 radical (unpaired) electrons. The first-order chi connectivity index (χ1) is 6.68. The fourth-order valence-corrected chi connectivity index (χ4v) is 1.97. The SMILES string of the molecule is Cc1ccc(F)c(C(N)C2CCC2)c1. The Morgan fingerprint density at radius 2 is 2.14 bits per heavy atom. The van der Waals surface area contributed by atoms with E-state index in [9.17, 15) is 4.39 Å². The highest BCUT2D eigenvalue weighted by Gasteiger charge is 2.27. The predicted molar refractivity (Wildman–Crippen MR) is 55.4 cm³/mol. The van der Waals surface area contributed by atoms with Gasteiger partial charge < -0.3 is 5.73 Å². The topological polar surface area (TPSA) is 26.0 Å². The van der Waals surface area contributed by atoms with Crippen molar-refractivity contribution in [2.24, 2.45) is 11.7 Å². The number of hydrogen-bond donors (Lipinski definition) is 1. The molecule has 1 atom stereocenters. The molecule has 1 aromatic carbocycles. The number of hydrogen-bond acceptors (Lipinski definition) is 1. The third-order valence-corrected chi connectivity index (χ3v) is 3.17. The Morgan fingerprint density at radius 3 is 2.71 bits per heavy atom. The smallest absolute Gasteiger partial charge is 0.127 e. The minimum Gasteiger partial charge on any atom is -0.324 e. The molecule has 0 aliphatic heterocycles. The molecule has 2 N–H and O–H groups in total. The maximum Gasteiger partial charge on any atom is 0.127 e. The third-order valence-electron chi connectivity index (χ3n) is 3.17. The lowest BCUT2D eigenvalue weighted by Crippen LogP contribution is -2.27. The number of benzene rings is 1. The summed E-state index contributed by atoms with van der Waals surface area (Å²) in [6.07, 6.45) is 3.54. The summed E-state index contributed by atoms with van der Waals surface area (Å²) in [4.78, 5) is 0. The van der Waals surface area contributed by atoms with E-state index in [1.807, 2.05) is 13.0 Å². The molecule has 0 amide bonds. The molecule has 76 valence electrons. The van der Waals surface area contributed by atoms with Crippen LogP contribution in [0.2, 0.25) is 0 Å². The van der Waals surface area contributed by atoms with Crippen molar-refractivity contribution >= 4 is 0 Å². The summed E-state index contributed by atoms with van der Waals surface area (Å²) in [5.74, 6) is 0.335. The summed E-state index contributed by atoms with van der Waals surface area (Å²) >= 11 is 0. The molecule has 1 aliphatic rings. The van der Waals surface area contributed by atoms with Crippen LogP contribution in [0.5, 0.6) is 0 Å². The van der Waals surface area contributed by atoms with Gasteiger partial charge in [-0.1, -0.05) is 24.1 Å². The second-order valence-electron chi connectivity index (χ2n) is 4.24. The third kappa shape index (κ3) is 1.67. The van der Waals surface area contributed by atoms with E-state index < -0.39 is 0 Å². The van der Waals surface area contributed by atoms with Gasteiger partial charge >= 0.3 is 0 Å². The van der Waals surface area contributed by atoms with Crippen LogP contribution < -0.4 is 5.73 Å². The second-order valence-corrected chi connectivity index (χ2v) is 4.24. The summed E-state index contributed by atoms with van der Waals surface area (Å²) in [7, 11) is 0. The predicted octanol–water partition coefficient (Wildman–Crippen LogP) is 2.93. The Labute approximate surface area is 84.1 Å². The summed E-state index contributed by atoms with van der Waals surface area (Å²) in [5, 5.41) is 0. The van der Waals surface area contributed by atoms with Gasteiger partial charge in [-0.15, -0.1) is 0 Å². The average molecular weight is 193 g/mol. The lowest BCUT2D eigenvalue weighted by molar-refractivity contribution is 0.260. The van der Waals surface area contributed by atoms with Crippen LogP contribution in [0.15, 0.2) is 18.2 Å². The molecule has 2 rings (SSSR count). The van der Waals surface area contributed by atoms with Crippen LogP contribution in [0.1, 0.15) is 36.4 Å². The zero-order chi connectivity index (χ0) is 10.1. The van der Waals surface area contributed by atoms with Crippen molar-refractivity contribution in [2.75, 3.05) is 0 Å². The van der Waals surface area contributed by atoms with E-state index >= 15 is 0 Å². The van der Waals surface area contributed by atoms with E-state index in [1.54, 1.807) is 6.07 Å². The van der Waals surface area contributed by atoms with Crippen molar-refractivity contribution in [1.82, 2.24) is 0 Å². The van der Waals surface area contributed by atoms with Crippen LogP contribution in [0.4, 0.5) is 4.39 Å². The van der Waals surface area contributed by atoms with Crippen molar-refractivity contribution in [3.63, 3.8) is 0 Å². The van der Waals surface area contributed by atoms with Crippen molar-refractivity contribution < 1.29 is 4.39 Å². The van der Waals surface area contributed by atoms with Crippen molar-refractivity contribution in [2.45, 2.75) is 32.2 Å². The highest BCUT2D eigenvalue weighted by Crippen LogP contribution is 2.37. The fraction of sp³-hybridized carbons (Fsp3) is 0.500. The first kappa shape index (κ1) is 9.66. The molecule has 14 heavy (non-hydrogen) atoms. The molecule has 1 saturated carbocycles. The van der Waals surface area contributed by atoms with Gasteiger partial charge in [-0.2, -0.15) is 0 Å². The zero-order valence-corrected chi connectivity index (χ0v) is 8.46. The molecule has 0 saturated heterocycles. The van der Waals surface area contributed by atoms with Gasteiger partial charge in [0.2, 0.25) is 0 Å². The normalized spacial score (nSPS) is 19.1. The van der Waals surface area contributed by atoms with Crippen molar-refractivity contribution in [3.8, 4) is 0 Å². The van der Waals surface area contributed by atoms with Crippen molar-refractivity contribution in [3.05, 3.63) is 35.1 Å². The number of halogens is 1. The van der Waals surface area contributed by atoms with Gasteiger partial charge in [0.15, 0.2) is 0 Å². The molecule has 1 unspecified atom stereocenters. The Balaban J connectivity index is 2.24. The molecule has 0 aromatic heterocycles. The Bertz CT molecular complexity index is 331. The fourth-order valence-electron chi connectivity index (χ4n) is 1.97. The quantitative estimate of drug-likeness (QED) is 0.767. The highest BCUT2D eigenvalue weighted by molar-refractivity contribution is 5.27. The highest BCUT2D eigenvalue weighted by atomic mass is 19.1. The van der Waals surface area contributed by atoms with E-state index in [0.717, 1.165) is 18.4 Å². The largest absolute Gasteiger partial charge is 0.324 e. The summed E-state index contributed by atoms with van der Waals surface area (Å²) in [6.45, 7) is 1.97. The Morgan fingerprint density at radius 1 is 1.43 bits per heavy atom. The number of aryl methyl sites for hydroxylation is 1. The molecule has 1 aromatic rings. The maximum atomic E-state index is 13.5. The Hall–Kier alpha value is -0.890. The molecule has 1 nitrogen and oxygen atoms in total. The summed E-state index contributed by atoms with van der Waals surface area (Å²) < 4.78 is 13.5. The first-order valence-corrected chi connectivity index (χ1v) is 5.20. The molecular weight excluding hydrogens is 177 g/mol. The number of rotatable bonds is 2. The molecule has 1 fully saturated rings. The van der Waals surface area contributed by atoms with Gasteiger partial charge in [-0.3, -0.25) is 0 Å². The van der Waals surface area contributed by atoms with Gasteiger partial charge in [-0.25, -0.2) is 4.39 Å². The molecule has 2 heteroatoms. The lowest BCUT2D eigenvalue weighted by atomic mass is 9.77. The van der Waals surface area contributed by atoms with Crippen LogP contribution in [0.25, 0.3) is 0 Å². The van der Waals surface area contributed by atoms with Crippen LogP contribution in [-0.4, -0.2) is 0 Å². The van der Waals surface area contributed by atoms with Crippen LogP contribution in [0.3, 0.4) is 0 Å². The minimum atomic E-state index is -0.157. The monoisotopic (exact) mass is 193 g/mol. The van der Waals surface area contributed by atoms with Gasteiger partial charge in [0.25, 0.3) is 0 Å². The summed E-state index contributed by atoms with van der Waals surface area (Å²) in [5.41, 5.74) is 7.80. The van der Waals surface area contributed by atoms with Crippen LogP contribution in [-0.2, 0) is 0 Å². The molecule has 1 aliphatic carbocycles. The van der Waals surface area contributed by atoms with Crippen LogP contribution in [0, 0.1) is 18.7 Å². The standard InChI is InChI=1S/C12H16FN/c1-8-5-6-11(13)10(7-8)12(14)9-3-2-4-9/h5-7,9,12H,2-4,14H2,1H3. The molecule has 0 bridgehead atoms. The molecule has 0 spiro atoms. The minimum absolute atomic E-state index is 0.108. The average Bonchev–Trinajstić information content (AvgIpc) is 2.06. The van der Waals surface area contributed by atoms with E-state index in [1.165, 1.54) is 12.5 Å². The zero-order valence-electron chi connectivity index (χ0n) is 8.46. The van der Waals surface area contributed by atoms with E-state index in [0.29, 0.717) is 11.5 Å². The second kappa shape index (κ2) is 3.70. The van der Waals surface area contributed by atoms with Gasteiger partial charge in [0.05, 0.1) is 0 Å². The van der Waals surface area contributed by atoms with E-state index in [-0.39, 0.29) is 11.9 Å². The van der Waals surface area contributed by atoms with E-state index in [4.69, 9.17) is 5.73 Å². The maximum absolute atomic E-state index is 13.5. The molecular formula is C12H16FN. The molecule has 0 heterocycles. The van der Waals surface area contributed by atoms with Gasteiger partial charge in [0, 0.05) is 11.6 Å². The van der Waals surface area contributed by atoms with Gasteiger partial charge in [0.1, 0.15) is 5.82 Å².